The molecule has 0 saturated carbocycles. The number of aromatic nitrogens is 4. The molecule has 0 radical (unpaired) electrons. The highest BCUT2D eigenvalue weighted by molar-refractivity contribution is 7.86. The van der Waals surface area contributed by atoms with E-state index in [1.165, 1.54) is 12.3 Å². The van der Waals surface area contributed by atoms with Crippen LogP contribution < -0.4 is 5.32 Å². The minimum absolute atomic E-state index is 0.0509. The van der Waals surface area contributed by atoms with Crippen molar-refractivity contribution in [2.24, 2.45) is 0 Å². The summed E-state index contributed by atoms with van der Waals surface area (Å²) in [6.45, 7) is 3.39. The fourth-order valence-corrected chi connectivity index (χ4v) is 2.70. The number of allylic oxidation sites excluding steroid dienone is 1. The van der Waals surface area contributed by atoms with Gasteiger partial charge in [0.1, 0.15) is 16.5 Å². The molecule has 0 atom stereocenters. The Kier molecular flexibility index (Phi) is 4.20. The number of anilines is 1. The largest absolute Gasteiger partial charge is 0.359 e. The van der Waals surface area contributed by atoms with Gasteiger partial charge in [-0.1, -0.05) is 6.07 Å². The zero-order chi connectivity index (χ0) is 16.3. The Morgan fingerprint density at radius 1 is 1.45 bits per heavy atom. The maximum atomic E-state index is 11.5. The SMILES string of the molecule is Cc1cc(C)c(NC=C(C#N)c2nn[nH]n2)c(S(=O)(=O)O)c1. The summed E-state index contributed by atoms with van der Waals surface area (Å²) in [6, 6.07) is 4.94. The van der Waals surface area contributed by atoms with Crippen LogP contribution in [0.25, 0.3) is 5.57 Å². The lowest BCUT2D eigenvalue weighted by Gasteiger charge is -2.12. The third-order valence-corrected chi connectivity index (χ3v) is 3.67. The van der Waals surface area contributed by atoms with Crippen LogP contribution in [0.3, 0.4) is 0 Å². The third kappa shape index (κ3) is 3.27. The van der Waals surface area contributed by atoms with E-state index in [1.807, 2.05) is 6.07 Å². The Labute approximate surface area is 126 Å². The highest BCUT2D eigenvalue weighted by atomic mass is 32.2. The minimum Gasteiger partial charge on any atom is -0.359 e. The van der Waals surface area contributed by atoms with Crippen molar-refractivity contribution < 1.29 is 13.0 Å². The smallest absolute Gasteiger partial charge is 0.296 e. The van der Waals surface area contributed by atoms with Gasteiger partial charge in [0.15, 0.2) is 0 Å². The lowest BCUT2D eigenvalue weighted by Crippen LogP contribution is -2.06. The Morgan fingerprint density at radius 3 is 2.73 bits per heavy atom. The van der Waals surface area contributed by atoms with Gasteiger partial charge in [-0.2, -0.15) is 18.9 Å². The summed E-state index contributed by atoms with van der Waals surface area (Å²) >= 11 is 0. The summed E-state index contributed by atoms with van der Waals surface area (Å²) in [4.78, 5) is -0.272. The number of nitrogens with one attached hydrogen (secondary N) is 2. The molecule has 0 aliphatic rings. The van der Waals surface area contributed by atoms with Crippen LogP contribution >= 0.6 is 0 Å². The molecule has 2 rings (SSSR count). The molecular formula is C12H12N6O3S. The Balaban J connectivity index is 2.48. The fourth-order valence-electron chi connectivity index (χ4n) is 1.88. The number of nitriles is 1. The molecule has 9 nitrogen and oxygen atoms in total. The second kappa shape index (κ2) is 5.92. The standard InChI is InChI=1S/C12H12N6O3S/c1-7-3-8(2)11(10(4-7)22(19,20)21)14-6-9(5-13)12-15-17-18-16-12/h3-4,6,14H,1-2H3,(H,19,20,21)(H,15,16,17,18). The number of aromatic amines is 1. The zero-order valence-electron chi connectivity index (χ0n) is 11.7. The van der Waals surface area contributed by atoms with Gasteiger partial charge in [-0.25, -0.2) is 0 Å². The van der Waals surface area contributed by atoms with Gasteiger partial charge in [-0.05, 0) is 36.3 Å². The van der Waals surface area contributed by atoms with Gasteiger partial charge in [-0.3, -0.25) is 4.55 Å². The molecule has 0 spiro atoms. The number of aryl methyl sites for hydroxylation is 2. The number of nitrogens with zero attached hydrogens (tertiary/aromatic N) is 4. The zero-order valence-corrected chi connectivity index (χ0v) is 12.5. The molecule has 1 aromatic heterocycles. The van der Waals surface area contributed by atoms with E-state index in [0.717, 1.165) is 0 Å². The first-order chi connectivity index (χ1) is 10.3. The molecule has 1 aromatic carbocycles. The van der Waals surface area contributed by atoms with Crippen LogP contribution in [0.4, 0.5) is 5.69 Å². The molecule has 0 fully saturated rings. The van der Waals surface area contributed by atoms with Gasteiger partial charge < -0.3 is 5.32 Å². The minimum atomic E-state index is -4.41. The summed E-state index contributed by atoms with van der Waals surface area (Å²) in [6.07, 6.45) is 1.25. The van der Waals surface area contributed by atoms with Crippen LogP contribution in [0, 0.1) is 25.2 Å². The predicted octanol–water partition coefficient (Wildman–Crippen LogP) is 1.04. The second-order valence-electron chi connectivity index (χ2n) is 4.48. The molecule has 0 saturated heterocycles. The van der Waals surface area contributed by atoms with Crippen LogP contribution in [-0.2, 0) is 10.1 Å². The molecule has 2 aromatic rings. The molecule has 0 aliphatic heterocycles. The van der Waals surface area contributed by atoms with Crippen LogP contribution in [0.5, 0.6) is 0 Å². The Morgan fingerprint density at radius 2 is 2.18 bits per heavy atom. The van der Waals surface area contributed by atoms with E-state index >= 15 is 0 Å². The second-order valence-corrected chi connectivity index (χ2v) is 5.87. The Bertz CT molecular complexity index is 865. The maximum Gasteiger partial charge on any atom is 0.296 e. The van der Waals surface area contributed by atoms with Gasteiger partial charge in [0, 0.05) is 6.20 Å². The van der Waals surface area contributed by atoms with Crippen LogP contribution in [-0.4, -0.2) is 33.6 Å². The lowest BCUT2D eigenvalue weighted by atomic mass is 10.1. The summed E-state index contributed by atoms with van der Waals surface area (Å²) < 4.78 is 32.3. The van der Waals surface area contributed by atoms with E-state index in [1.54, 1.807) is 19.9 Å². The quantitative estimate of drug-likeness (QED) is 0.559. The third-order valence-electron chi connectivity index (χ3n) is 2.79. The monoisotopic (exact) mass is 320 g/mol. The van der Waals surface area contributed by atoms with Gasteiger partial charge in [0.05, 0.1) is 5.69 Å². The first kappa shape index (κ1) is 15.6. The number of tetrazole rings is 1. The Hall–Kier alpha value is -2.77. The van der Waals surface area contributed by atoms with Crippen molar-refractivity contribution in [3.8, 4) is 6.07 Å². The van der Waals surface area contributed by atoms with Crippen molar-refractivity contribution in [2.75, 3.05) is 5.32 Å². The summed E-state index contributed by atoms with van der Waals surface area (Å²) in [5, 5.41) is 24.7. The number of H-pyrrole nitrogens is 1. The summed E-state index contributed by atoms with van der Waals surface area (Å²) in [5.41, 5.74) is 1.49. The molecule has 0 bridgehead atoms. The number of hydrogen-bond donors (Lipinski definition) is 3. The molecule has 10 heteroatoms. The van der Waals surface area contributed by atoms with E-state index in [2.05, 4.69) is 25.9 Å². The first-order valence-corrected chi connectivity index (χ1v) is 7.46. The normalized spacial score (nSPS) is 12.0. The van der Waals surface area contributed by atoms with Crippen LogP contribution in [0.2, 0.25) is 0 Å². The van der Waals surface area contributed by atoms with E-state index in [0.29, 0.717) is 11.1 Å². The van der Waals surface area contributed by atoms with Crippen LogP contribution in [0.1, 0.15) is 17.0 Å². The van der Waals surface area contributed by atoms with Crippen molar-refractivity contribution >= 4 is 21.4 Å². The average molecular weight is 320 g/mol. The molecule has 1 heterocycles. The average Bonchev–Trinajstić information content (AvgIpc) is 2.94. The highest BCUT2D eigenvalue weighted by Crippen LogP contribution is 2.27. The van der Waals surface area contributed by atoms with Crippen molar-refractivity contribution in [1.29, 1.82) is 5.26 Å². The van der Waals surface area contributed by atoms with E-state index < -0.39 is 10.1 Å². The van der Waals surface area contributed by atoms with Crippen LogP contribution in [0.15, 0.2) is 23.2 Å². The van der Waals surface area contributed by atoms with Crippen molar-refractivity contribution in [3.63, 3.8) is 0 Å². The number of benzene rings is 1. The van der Waals surface area contributed by atoms with Crippen molar-refractivity contribution in [3.05, 3.63) is 35.3 Å². The predicted molar refractivity (Wildman–Crippen MR) is 77.1 cm³/mol. The molecule has 3 N–H and O–H groups in total. The molecule has 0 unspecified atom stereocenters. The van der Waals surface area contributed by atoms with Gasteiger partial charge in [-0.15, -0.1) is 10.2 Å². The molecule has 114 valence electrons. The highest BCUT2D eigenvalue weighted by Gasteiger charge is 2.18. The topological polar surface area (TPSA) is 145 Å². The molecule has 0 aliphatic carbocycles. The molecular weight excluding hydrogens is 308 g/mol. The molecule has 22 heavy (non-hydrogen) atoms. The fraction of sp³-hybridized carbons (Fsp3) is 0.167. The van der Waals surface area contributed by atoms with Crippen molar-refractivity contribution in [1.82, 2.24) is 20.6 Å². The van der Waals surface area contributed by atoms with Gasteiger partial charge in [0.25, 0.3) is 10.1 Å². The van der Waals surface area contributed by atoms with E-state index in [4.69, 9.17) is 5.26 Å². The lowest BCUT2D eigenvalue weighted by molar-refractivity contribution is 0.483. The molecule has 0 amide bonds. The van der Waals surface area contributed by atoms with Gasteiger partial charge in [0.2, 0.25) is 5.82 Å². The van der Waals surface area contributed by atoms with Crippen molar-refractivity contribution in [2.45, 2.75) is 18.7 Å². The summed E-state index contributed by atoms with van der Waals surface area (Å²) in [5.74, 6) is 0.0631. The van der Waals surface area contributed by atoms with E-state index in [-0.39, 0.29) is 22.0 Å². The summed E-state index contributed by atoms with van der Waals surface area (Å²) in [7, 11) is -4.41. The number of rotatable bonds is 4. The van der Waals surface area contributed by atoms with Gasteiger partial charge >= 0.3 is 0 Å². The maximum absolute atomic E-state index is 11.5. The number of hydrogen-bond acceptors (Lipinski definition) is 7. The first-order valence-electron chi connectivity index (χ1n) is 6.02. The van der Waals surface area contributed by atoms with E-state index in [9.17, 15) is 13.0 Å².